The summed E-state index contributed by atoms with van der Waals surface area (Å²) in [5, 5.41) is 0. The van der Waals surface area contributed by atoms with Gasteiger partial charge in [-0.3, -0.25) is 9.20 Å². The maximum Gasteiger partial charge on any atom is 0.404 e. The molecule has 0 aliphatic rings. The first kappa shape index (κ1) is 20.6. The van der Waals surface area contributed by atoms with E-state index in [4.69, 9.17) is 0 Å². The summed E-state index contributed by atoms with van der Waals surface area (Å²) in [5.74, 6) is -1.85. The zero-order valence-corrected chi connectivity index (χ0v) is 16.1. The van der Waals surface area contributed by atoms with E-state index in [1.165, 1.54) is 0 Å². The van der Waals surface area contributed by atoms with Crippen LogP contribution in [0.4, 0.5) is 13.2 Å². The Labute approximate surface area is 159 Å². The van der Waals surface area contributed by atoms with Crippen LogP contribution in [0.1, 0.15) is 36.9 Å². The van der Waals surface area contributed by atoms with E-state index in [0.29, 0.717) is 29.7 Å². The predicted molar refractivity (Wildman–Crippen MR) is 99.3 cm³/mol. The molecule has 0 atom stereocenters. The van der Waals surface area contributed by atoms with Crippen LogP contribution in [0.25, 0.3) is 16.8 Å². The Bertz CT molecular complexity index is 1120. The van der Waals surface area contributed by atoms with Gasteiger partial charge in [-0.2, -0.15) is 13.2 Å². The molecule has 3 aromatic heterocycles. The van der Waals surface area contributed by atoms with Crippen molar-refractivity contribution in [3.63, 3.8) is 0 Å². The predicted octanol–water partition coefficient (Wildman–Crippen LogP) is 2.51. The van der Waals surface area contributed by atoms with Crippen LogP contribution in [-0.2, 0) is 16.4 Å². The molecule has 0 aliphatic heterocycles. The van der Waals surface area contributed by atoms with Gasteiger partial charge in [-0.05, 0) is 37.8 Å². The van der Waals surface area contributed by atoms with Crippen LogP contribution in [-0.4, -0.2) is 41.3 Å². The minimum absolute atomic E-state index is 0.00600. The monoisotopic (exact) mass is 418 g/mol. The molecule has 2 N–H and O–H groups in total. The van der Waals surface area contributed by atoms with E-state index < -0.39 is 22.0 Å². The summed E-state index contributed by atoms with van der Waals surface area (Å²) in [6.07, 6.45) is -1.20. The third-order valence-electron chi connectivity index (χ3n) is 4.53. The number of rotatable bonds is 9. The lowest BCUT2D eigenvalue weighted by Crippen LogP contribution is -2.34. The van der Waals surface area contributed by atoms with Crippen molar-refractivity contribution in [2.45, 2.75) is 45.2 Å². The number of aromatic nitrogens is 3. The lowest BCUT2D eigenvalue weighted by Gasteiger charge is -2.09. The summed E-state index contributed by atoms with van der Waals surface area (Å²) in [6.45, 7) is 1.79. The Morgan fingerprint density at radius 3 is 2.61 bits per heavy atom. The molecule has 3 aromatic rings. The van der Waals surface area contributed by atoms with E-state index in [1.54, 1.807) is 6.92 Å². The maximum absolute atomic E-state index is 12.1. The van der Waals surface area contributed by atoms with E-state index in [2.05, 4.69) is 9.97 Å². The van der Waals surface area contributed by atoms with Crippen LogP contribution >= 0.6 is 0 Å². The molecular weight excluding hydrogens is 397 g/mol. The van der Waals surface area contributed by atoms with Crippen molar-refractivity contribution < 1.29 is 21.6 Å². The lowest BCUT2D eigenvalue weighted by molar-refractivity contribution is -0.106. The zero-order valence-electron chi connectivity index (χ0n) is 15.3. The first-order valence-corrected chi connectivity index (χ1v) is 10.6. The third-order valence-corrected chi connectivity index (χ3v) is 5.88. The second kappa shape index (κ2) is 7.70. The molecule has 0 unspecified atom stereocenters. The number of pyridine rings is 1. The van der Waals surface area contributed by atoms with Gasteiger partial charge in [0.05, 0.1) is 5.69 Å². The fraction of sp³-hybridized carbons (Fsp3) is 0.529. The van der Waals surface area contributed by atoms with Crippen molar-refractivity contribution in [2.75, 3.05) is 12.3 Å². The molecule has 0 aliphatic carbocycles. The van der Waals surface area contributed by atoms with Gasteiger partial charge in [-0.25, -0.2) is 18.1 Å². The fourth-order valence-electron chi connectivity index (χ4n) is 3.33. The second-order valence-corrected chi connectivity index (χ2v) is 8.64. The topological polar surface area (TPSA) is 96.3 Å². The average molecular weight is 418 g/mol. The highest BCUT2D eigenvalue weighted by Crippen LogP contribution is 2.21. The molecule has 0 spiro atoms. The minimum atomic E-state index is -4.74. The molecule has 0 saturated carbocycles. The van der Waals surface area contributed by atoms with Crippen molar-refractivity contribution in [1.29, 1.82) is 0 Å². The molecule has 7 nitrogen and oxygen atoms in total. The van der Waals surface area contributed by atoms with Crippen molar-refractivity contribution >= 4 is 26.8 Å². The standard InChI is InChI=1S/C17H21F3N4O3S/c1-11-14-16(25)23-13-8-7-12(15(22-11)24(13)14)6-4-2-3-5-9-21-28(26,27)10-17(18,19)20/h7-8,21H,2-6,9-10H2,1H3,(H,23,25). The number of alkyl halides is 3. The summed E-state index contributed by atoms with van der Waals surface area (Å²) >= 11 is 0. The van der Waals surface area contributed by atoms with E-state index in [1.807, 2.05) is 21.3 Å². The molecule has 0 radical (unpaired) electrons. The Morgan fingerprint density at radius 2 is 1.89 bits per heavy atom. The number of sulfonamides is 1. The van der Waals surface area contributed by atoms with Gasteiger partial charge in [0, 0.05) is 6.54 Å². The van der Waals surface area contributed by atoms with Gasteiger partial charge in [0.2, 0.25) is 10.0 Å². The SMILES string of the molecule is Cc1nc2c(CCCCCCNS(=O)(=O)CC(F)(F)F)ccc3[nH]c(=O)c1n32. The fourth-order valence-corrected chi connectivity index (χ4v) is 4.32. The van der Waals surface area contributed by atoms with E-state index >= 15 is 0 Å². The average Bonchev–Trinajstić information content (AvgIpc) is 3.07. The van der Waals surface area contributed by atoms with Crippen molar-refractivity contribution in [3.8, 4) is 0 Å². The Hall–Kier alpha value is -2.14. The van der Waals surface area contributed by atoms with Crippen LogP contribution < -0.4 is 10.3 Å². The first-order chi connectivity index (χ1) is 13.1. The van der Waals surface area contributed by atoms with E-state index in [0.717, 1.165) is 30.5 Å². The number of nitrogens with one attached hydrogen (secondary N) is 2. The van der Waals surface area contributed by atoms with Crippen LogP contribution in [0.2, 0.25) is 0 Å². The zero-order chi connectivity index (χ0) is 20.5. The number of hydrogen-bond acceptors (Lipinski definition) is 4. The Kier molecular flexibility index (Phi) is 5.67. The summed E-state index contributed by atoms with van der Waals surface area (Å²) in [6, 6.07) is 3.77. The van der Waals surface area contributed by atoms with Gasteiger partial charge in [-0.1, -0.05) is 18.9 Å². The molecule has 3 rings (SSSR count). The summed E-state index contributed by atoms with van der Waals surface area (Å²) in [5.41, 5.74) is 3.53. The summed E-state index contributed by atoms with van der Waals surface area (Å²) in [4.78, 5) is 19.3. The molecule has 3 heterocycles. The summed E-state index contributed by atoms with van der Waals surface area (Å²) < 4.78 is 62.7. The van der Waals surface area contributed by atoms with Crippen LogP contribution in [0.15, 0.2) is 16.9 Å². The highest BCUT2D eigenvalue weighted by molar-refractivity contribution is 7.89. The quantitative estimate of drug-likeness (QED) is 0.522. The molecule has 0 amide bonds. The van der Waals surface area contributed by atoms with E-state index in [-0.39, 0.29) is 12.1 Å². The largest absolute Gasteiger partial charge is 0.404 e. The second-order valence-electron chi connectivity index (χ2n) is 6.84. The maximum atomic E-state index is 12.1. The third kappa shape index (κ3) is 4.64. The Morgan fingerprint density at radius 1 is 1.18 bits per heavy atom. The number of nitrogens with zero attached hydrogens (tertiary/aromatic N) is 2. The number of H-pyrrole nitrogens is 1. The first-order valence-electron chi connectivity index (χ1n) is 8.94. The van der Waals surface area contributed by atoms with Gasteiger partial charge in [0.1, 0.15) is 16.8 Å². The molecule has 11 heteroatoms. The molecule has 28 heavy (non-hydrogen) atoms. The van der Waals surface area contributed by atoms with Crippen molar-refractivity contribution in [1.82, 2.24) is 19.1 Å². The van der Waals surface area contributed by atoms with Crippen LogP contribution in [0.3, 0.4) is 0 Å². The van der Waals surface area contributed by atoms with E-state index in [9.17, 15) is 26.4 Å². The lowest BCUT2D eigenvalue weighted by atomic mass is 10.1. The number of halogens is 3. The normalized spacial score (nSPS) is 13.1. The van der Waals surface area contributed by atoms with Crippen LogP contribution in [0.5, 0.6) is 0 Å². The van der Waals surface area contributed by atoms with Crippen molar-refractivity contribution in [2.24, 2.45) is 0 Å². The number of unbranched alkanes of at least 4 members (excludes halogenated alkanes) is 3. The van der Waals surface area contributed by atoms with Crippen molar-refractivity contribution in [3.05, 3.63) is 33.7 Å². The van der Waals surface area contributed by atoms with Gasteiger partial charge in [0.25, 0.3) is 5.56 Å². The number of aromatic amines is 1. The molecule has 0 saturated heterocycles. The number of imidazole rings is 2. The number of hydrogen-bond donors (Lipinski definition) is 2. The van der Waals surface area contributed by atoms with Gasteiger partial charge in [0.15, 0.2) is 5.75 Å². The van der Waals surface area contributed by atoms with Gasteiger partial charge in [-0.15, -0.1) is 0 Å². The molecular formula is C17H21F3N4O3S. The molecule has 0 fully saturated rings. The minimum Gasteiger partial charge on any atom is -0.306 e. The van der Waals surface area contributed by atoms with Gasteiger partial charge >= 0.3 is 6.18 Å². The Balaban J connectivity index is 1.46. The molecule has 0 bridgehead atoms. The highest BCUT2D eigenvalue weighted by Gasteiger charge is 2.34. The molecule has 154 valence electrons. The summed E-state index contributed by atoms with van der Waals surface area (Å²) in [7, 11) is -4.32. The van der Waals surface area contributed by atoms with Crippen LogP contribution in [0, 0.1) is 6.92 Å². The number of aryl methyl sites for hydroxylation is 2. The smallest absolute Gasteiger partial charge is 0.306 e. The molecule has 0 aromatic carbocycles. The highest BCUT2D eigenvalue weighted by atomic mass is 32.2. The van der Waals surface area contributed by atoms with Gasteiger partial charge < -0.3 is 4.98 Å².